The molecule has 2 aliphatic rings. The Morgan fingerprint density at radius 1 is 1.16 bits per heavy atom. The number of hydrogen-bond donors (Lipinski definition) is 1. The van der Waals surface area contributed by atoms with E-state index in [-0.39, 0.29) is 17.9 Å². The molecule has 9 heteroatoms. The van der Waals surface area contributed by atoms with Crippen molar-refractivity contribution in [2.45, 2.75) is 45.3 Å². The van der Waals surface area contributed by atoms with Crippen LogP contribution in [0.5, 0.6) is 11.5 Å². The third kappa shape index (κ3) is 4.88. The van der Waals surface area contributed by atoms with Crippen LogP contribution in [0, 0.1) is 5.92 Å². The van der Waals surface area contributed by atoms with Crippen molar-refractivity contribution in [3.63, 3.8) is 0 Å². The van der Waals surface area contributed by atoms with Crippen molar-refractivity contribution in [3.8, 4) is 11.5 Å². The second-order valence-corrected chi connectivity index (χ2v) is 8.41. The second kappa shape index (κ2) is 10.3. The van der Waals surface area contributed by atoms with E-state index in [1.54, 1.807) is 14.2 Å². The monoisotopic (exact) mass is 443 g/mol. The Hall–Kier alpha value is -2.65. The smallest absolute Gasteiger partial charge is 0.223 e. The number of nitrogens with zero attached hydrogens (tertiary/aromatic N) is 4. The Balaban J connectivity index is 1.42. The number of aromatic nitrogens is 3. The number of carbonyl (C=O) groups excluding carboxylic acids is 1. The number of benzene rings is 1. The molecule has 1 aromatic carbocycles. The van der Waals surface area contributed by atoms with Crippen molar-refractivity contribution in [3.05, 3.63) is 35.4 Å². The van der Waals surface area contributed by atoms with Gasteiger partial charge in [0.05, 0.1) is 25.8 Å². The van der Waals surface area contributed by atoms with Crippen molar-refractivity contribution in [2.24, 2.45) is 5.92 Å². The first-order valence-corrected chi connectivity index (χ1v) is 11.3. The molecule has 3 heterocycles. The summed E-state index contributed by atoms with van der Waals surface area (Å²) in [6.45, 7) is 6.50. The van der Waals surface area contributed by atoms with Gasteiger partial charge >= 0.3 is 0 Å². The van der Waals surface area contributed by atoms with Crippen molar-refractivity contribution in [1.82, 2.24) is 25.0 Å². The van der Waals surface area contributed by atoms with Crippen LogP contribution in [-0.2, 0) is 29.0 Å². The maximum absolute atomic E-state index is 12.7. The summed E-state index contributed by atoms with van der Waals surface area (Å²) in [5.74, 6) is 3.54. The lowest BCUT2D eigenvalue weighted by molar-refractivity contribution is -0.128. The molecule has 0 spiro atoms. The number of rotatable bonds is 7. The molecular weight excluding hydrogens is 410 g/mol. The molecule has 1 saturated heterocycles. The van der Waals surface area contributed by atoms with Crippen LogP contribution in [0.4, 0.5) is 0 Å². The van der Waals surface area contributed by atoms with E-state index in [0.717, 1.165) is 74.2 Å². The minimum Gasteiger partial charge on any atom is -0.496 e. The van der Waals surface area contributed by atoms with Gasteiger partial charge < -0.3 is 24.1 Å². The Bertz CT molecular complexity index is 903. The highest BCUT2D eigenvalue weighted by Crippen LogP contribution is 2.30. The fourth-order valence-corrected chi connectivity index (χ4v) is 4.53. The van der Waals surface area contributed by atoms with Crippen molar-refractivity contribution >= 4 is 5.91 Å². The topological polar surface area (TPSA) is 90.7 Å². The highest BCUT2D eigenvalue weighted by Gasteiger charge is 2.27. The van der Waals surface area contributed by atoms with Gasteiger partial charge in [-0.1, -0.05) is 6.07 Å². The summed E-state index contributed by atoms with van der Waals surface area (Å²) in [7, 11) is 3.37. The van der Waals surface area contributed by atoms with Gasteiger partial charge in [0.25, 0.3) is 0 Å². The zero-order valence-electron chi connectivity index (χ0n) is 19.2. The highest BCUT2D eigenvalue weighted by molar-refractivity contribution is 5.79. The molecule has 2 aliphatic heterocycles. The van der Waals surface area contributed by atoms with Gasteiger partial charge in [0.15, 0.2) is 5.82 Å². The van der Waals surface area contributed by atoms with Gasteiger partial charge in [-0.15, -0.1) is 10.2 Å². The normalized spacial score (nSPS) is 18.5. The zero-order valence-corrected chi connectivity index (χ0v) is 19.2. The number of ether oxygens (including phenoxy) is 3. The third-order valence-corrected chi connectivity index (χ3v) is 6.40. The molecule has 0 saturated carbocycles. The first-order chi connectivity index (χ1) is 15.6. The molecule has 2 aromatic rings. The first kappa shape index (κ1) is 22.5. The van der Waals surface area contributed by atoms with Gasteiger partial charge in [-0.3, -0.25) is 9.69 Å². The maximum atomic E-state index is 12.7. The maximum Gasteiger partial charge on any atom is 0.223 e. The minimum absolute atomic E-state index is 0.0176. The fraction of sp³-hybridized carbons (Fsp3) is 0.609. The summed E-state index contributed by atoms with van der Waals surface area (Å²) >= 11 is 0. The molecule has 174 valence electrons. The third-order valence-electron chi connectivity index (χ3n) is 6.40. The summed E-state index contributed by atoms with van der Waals surface area (Å²) in [5.41, 5.74) is 1.05. The van der Waals surface area contributed by atoms with Gasteiger partial charge in [-0.25, -0.2) is 0 Å². The Labute approximate surface area is 189 Å². The lowest BCUT2D eigenvalue weighted by Crippen LogP contribution is -2.36. The fourth-order valence-electron chi connectivity index (χ4n) is 4.53. The van der Waals surface area contributed by atoms with Gasteiger partial charge in [-0.2, -0.15) is 0 Å². The average molecular weight is 444 g/mol. The first-order valence-electron chi connectivity index (χ1n) is 11.3. The number of methoxy groups -OCH3 is 2. The molecule has 1 aromatic heterocycles. The van der Waals surface area contributed by atoms with Crippen molar-refractivity contribution in [2.75, 3.05) is 40.5 Å². The van der Waals surface area contributed by atoms with Crippen LogP contribution in [0.3, 0.4) is 0 Å². The number of nitrogens with one attached hydrogen (secondary N) is 1. The van der Waals surface area contributed by atoms with Crippen molar-refractivity contribution in [1.29, 1.82) is 0 Å². The molecule has 4 rings (SSSR count). The summed E-state index contributed by atoms with van der Waals surface area (Å²) < 4.78 is 18.7. The summed E-state index contributed by atoms with van der Waals surface area (Å²) in [6, 6.07) is 5.68. The number of amides is 1. The van der Waals surface area contributed by atoms with Gasteiger partial charge in [0.1, 0.15) is 17.3 Å². The van der Waals surface area contributed by atoms with E-state index in [1.807, 2.05) is 25.1 Å². The molecule has 1 N–H and O–H groups in total. The average Bonchev–Trinajstić information content (AvgIpc) is 3.13. The lowest BCUT2D eigenvalue weighted by atomic mass is 9.99. The van der Waals surface area contributed by atoms with E-state index < -0.39 is 0 Å². The van der Waals surface area contributed by atoms with Crippen LogP contribution in [0.2, 0.25) is 0 Å². The van der Waals surface area contributed by atoms with E-state index in [2.05, 4.69) is 25.0 Å². The van der Waals surface area contributed by atoms with Gasteiger partial charge in [-0.05, 0) is 31.9 Å². The predicted molar refractivity (Wildman–Crippen MR) is 119 cm³/mol. The zero-order chi connectivity index (χ0) is 22.5. The largest absolute Gasteiger partial charge is 0.496 e. The highest BCUT2D eigenvalue weighted by atomic mass is 16.5. The number of hydrogen-bond acceptors (Lipinski definition) is 7. The second-order valence-electron chi connectivity index (χ2n) is 8.41. The molecule has 0 bridgehead atoms. The van der Waals surface area contributed by atoms with Crippen LogP contribution >= 0.6 is 0 Å². The number of fused-ring (bicyclic) bond motifs is 1. The molecule has 1 atom stereocenters. The summed E-state index contributed by atoms with van der Waals surface area (Å²) in [4.78, 5) is 15.0. The van der Waals surface area contributed by atoms with Crippen LogP contribution in [-0.4, -0.2) is 66.1 Å². The molecule has 32 heavy (non-hydrogen) atoms. The summed E-state index contributed by atoms with van der Waals surface area (Å²) in [5, 5.41) is 12.0. The Morgan fingerprint density at radius 3 is 2.56 bits per heavy atom. The van der Waals surface area contributed by atoms with E-state index in [9.17, 15) is 4.79 Å². The van der Waals surface area contributed by atoms with Crippen molar-refractivity contribution < 1.29 is 19.0 Å². The van der Waals surface area contributed by atoms with Crippen LogP contribution in [0.15, 0.2) is 18.2 Å². The predicted octanol–water partition coefficient (Wildman–Crippen LogP) is 1.96. The molecule has 1 fully saturated rings. The molecule has 1 amide bonds. The van der Waals surface area contributed by atoms with Crippen LogP contribution in [0.25, 0.3) is 0 Å². The van der Waals surface area contributed by atoms with E-state index in [0.29, 0.717) is 13.2 Å². The van der Waals surface area contributed by atoms with Gasteiger partial charge in [0.2, 0.25) is 5.91 Å². The molecule has 0 unspecified atom stereocenters. The van der Waals surface area contributed by atoms with E-state index >= 15 is 0 Å². The lowest BCUT2D eigenvalue weighted by Gasteiger charge is -2.24. The summed E-state index contributed by atoms with van der Waals surface area (Å²) in [6.07, 6.45) is 2.35. The Morgan fingerprint density at radius 2 is 1.88 bits per heavy atom. The molecule has 0 aliphatic carbocycles. The quantitative estimate of drug-likeness (QED) is 0.699. The standard InChI is InChI=1S/C23H33N5O4/c1-16(24-23(29)17-8-13-32-14-9-17)22-26-25-21-7-10-27(11-12-28(21)22)15-18-19(30-2)5-4-6-20(18)31-3/h4-6,16-17H,7-15H2,1-3H3,(H,24,29)/t16-/m1/s1. The van der Waals surface area contributed by atoms with Gasteiger partial charge in [0, 0.05) is 51.7 Å². The number of carbonyl (C=O) groups is 1. The van der Waals surface area contributed by atoms with Crippen LogP contribution in [0.1, 0.15) is 43.0 Å². The molecular formula is C23H33N5O4. The SMILES string of the molecule is COc1cccc(OC)c1CN1CCc2nnc([C@@H](C)NC(=O)C3CCOCC3)n2CC1. The molecule has 0 radical (unpaired) electrons. The minimum atomic E-state index is -0.188. The van der Waals surface area contributed by atoms with E-state index in [1.165, 1.54) is 0 Å². The van der Waals surface area contributed by atoms with E-state index in [4.69, 9.17) is 14.2 Å². The Kier molecular flexibility index (Phi) is 7.26. The van der Waals surface area contributed by atoms with Crippen LogP contribution < -0.4 is 14.8 Å². The molecule has 9 nitrogen and oxygen atoms in total.